The molecule has 2 aromatic heterocycles. The predicted octanol–water partition coefficient (Wildman–Crippen LogP) is 3.95. The first-order chi connectivity index (χ1) is 8.58. The minimum absolute atomic E-state index is 0.0930. The van der Waals surface area contributed by atoms with Crippen LogP contribution in [0.15, 0.2) is 30.5 Å². The number of hydrogen-bond donors (Lipinski definition) is 2. The molecule has 2 rings (SSSR count). The van der Waals surface area contributed by atoms with E-state index >= 15 is 0 Å². The van der Waals surface area contributed by atoms with E-state index in [2.05, 4.69) is 10.3 Å². The van der Waals surface area contributed by atoms with Gasteiger partial charge in [0, 0.05) is 11.1 Å². The van der Waals surface area contributed by atoms with Crippen LogP contribution in [-0.2, 0) is 0 Å². The van der Waals surface area contributed by atoms with E-state index in [0.29, 0.717) is 14.5 Å². The summed E-state index contributed by atoms with van der Waals surface area (Å²) in [6, 6.07) is 7.08. The second-order valence-electron chi connectivity index (χ2n) is 3.75. The molecule has 0 radical (unpaired) electrons. The van der Waals surface area contributed by atoms with E-state index in [-0.39, 0.29) is 11.9 Å². The van der Waals surface area contributed by atoms with Crippen molar-refractivity contribution >= 4 is 41.1 Å². The summed E-state index contributed by atoms with van der Waals surface area (Å²) >= 11 is 12.4. The van der Waals surface area contributed by atoms with Gasteiger partial charge in [0.05, 0.1) is 15.9 Å². The number of nitrogens with one attached hydrogen (secondary N) is 2. The number of aromatic nitrogens is 1. The van der Waals surface area contributed by atoms with Crippen molar-refractivity contribution in [3.8, 4) is 0 Å². The number of amides is 1. The number of carbonyl (C=O) groups excluding carboxylic acids is 1. The van der Waals surface area contributed by atoms with E-state index in [9.17, 15) is 4.79 Å². The van der Waals surface area contributed by atoms with Gasteiger partial charge in [-0.05, 0) is 31.2 Å². The van der Waals surface area contributed by atoms with Crippen molar-refractivity contribution in [2.24, 2.45) is 0 Å². The Hall–Kier alpha value is -1.17. The van der Waals surface area contributed by atoms with Gasteiger partial charge < -0.3 is 10.3 Å². The fourth-order valence-electron chi connectivity index (χ4n) is 1.51. The molecule has 0 bridgehead atoms. The van der Waals surface area contributed by atoms with Crippen LogP contribution in [0.3, 0.4) is 0 Å². The van der Waals surface area contributed by atoms with Crippen molar-refractivity contribution in [1.82, 2.24) is 10.3 Å². The molecular weight excluding hydrogens is 288 g/mol. The van der Waals surface area contributed by atoms with Gasteiger partial charge in [0.15, 0.2) is 0 Å². The molecule has 0 saturated carbocycles. The highest BCUT2D eigenvalue weighted by Crippen LogP contribution is 2.26. The first-order valence-electron chi connectivity index (χ1n) is 5.31. The summed E-state index contributed by atoms with van der Waals surface area (Å²) in [5.41, 5.74) is 0.474. The number of halogens is 1. The summed E-state index contributed by atoms with van der Waals surface area (Å²) in [4.78, 5) is 15.9. The van der Waals surface area contributed by atoms with Crippen LogP contribution in [0, 0.1) is 4.64 Å². The first kappa shape index (κ1) is 13.3. The van der Waals surface area contributed by atoms with E-state index in [1.165, 1.54) is 11.3 Å². The fraction of sp³-hybridized carbons (Fsp3) is 0.167. The lowest BCUT2D eigenvalue weighted by Gasteiger charge is -2.12. The zero-order valence-electron chi connectivity index (χ0n) is 9.57. The average Bonchev–Trinajstić information content (AvgIpc) is 2.76. The van der Waals surface area contributed by atoms with Gasteiger partial charge >= 0.3 is 0 Å². The number of hydrogen-bond acceptors (Lipinski definition) is 3. The molecule has 1 amide bonds. The predicted molar refractivity (Wildman–Crippen MR) is 76.8 cm³/mol. The van der Waals surface area contributed by atoms with Crippen molar-refractivity contribution in [3.05, 3.63) is 49.9 Å². The number of rotatable bonds is 3. The summed E-state index contributed by atoms with van der Waals surface area (Å²) in [5, 5.41) is 2.89. The Labute approximate surface area is 119 Å². The second kappa shape index (κ2) is 5.65. The van der Waals surface area contributed by atoms with Crippen LogP contribution in [0.4, 0.5) is 0 Å². The molecule has 0 aromatic carbocycles. The highest BCUT2D eigenvalue weighted by molar-refractivity contribution is 7.71. The van der Waals surface area contributed by atoms with Crippen LogP contribution in [0.5, 0.6) is 0 Å². The quantitative estimate of drug-likeness (QED) is 0.843. The molecule has 1 unspecified atom stereocenters. The summed E-state index contributed by atoms with van der Waals surface area (Å²) in [7, 11) is 0. The third kappa shape index (κ3) is 2.98. The van der Waals surface area contributed by atoms with Gasteiger partial charge in [-0.25, -0.2) is 0 Å². The van der Waals surface area contributed by atoms with Crippen molar-refractivity contribution in [3.63, 3.8) is 0 Å². The molecule has 2 N–H and O–H groups in total. The lowest BCUT2D eigenvalue weighted by atomic mass is 10.2. The lowest BCUT2D eigenvalue weighted by Crippen LogP contribution is -2.26. The number of H-pyrrole nitrogens is 1. The Bertz CT molecular complexity index is 620. The second-order valence-corrected chi connectivity index (χ2v) is 5.90. The molecule has 0 aliphatic rings. The first-order valence-corrected chi connectivity index (χ1v) is 6.92. The van der Waals surface area contributed by atoms with Crippen molar-refractivity contribution in [1.29, 1.82) is 0 Å². The maximum absolute atomic E-state index is 12.0. The van der Waals surface area contributed by atoms with E-state index in [1.807, 2.05) is 19.1 Å². The molecule has 0 fully saturated rings. The van der Waals surface area contributed by atoms with E-state index < -0.39 is 0 Å². The molecule has 2 heterocycles. The molecule has 0 aliphatic carbocycles. The molecule has 94 valence electrons. The fourth-order valence-corrected chi connectivity index (χ4v) is 2.80. The van der Waals surface area contributed by atoms with Gasteiger partial charge in [0.1, 0.15) is 4.64 Å². The molecule has 18 heavy (non-hydrogen) atoms. The number of pyridine rings is 1. The van der Waals surface area contributed by atoms with Crippen LogP contribution in [0.2, 0.25) is 4.34 Å². The monoisotopic (exact) mass is 298 g/mol. The van der Waals surface area contributed by atoms with Crippen molar-refractivity contribution in [2.45, 2.75) is 13.0 Å². The minimum atomic E-state index is -0.186. The third-order valence-electron chi connectivity index (χ3n) is 2.43. The summed E-state index contributed by atoms with van der Waals surface area (Å²) in [6.45, 7) is 1.91. The SMILES string of the molecule is CC(NC(=O)c1ccc[nH]c1=S)c1ccc(Cl)s1. The largest absolute Gasteiger partial charge is 0.352 e. The van der Waals surface area contributed by atoms with Gasteiger partial charge in [-0.1, -0.05) is 23.8 Å². The highest BCUT2D eigenvalue weighted by atomic mass is 35.5. The number of aromatic amines is 1. The lowest BCUT2D eigenvalue weighted by molar-refractivity contribution is 0.0939. The molecule has 6 heteroatoms. The third-order valence-corrected chi connectivity index (χ3v) is 4.18. The molecule has 0 aliphatic heterocycles. The summed E-state index contributed by atoms with van der Waals surface area (Å²) in [5.74, 6) is -0.186. The van der Waals surface area contributed by atoms with Crippen LogP contribution < -0.4 is 5.32 Å². The van der Waals surface area contributed by atoms with E-state index in [1.54, 1.807) is 18.3 Å². The van der Waals surface area contributed by atoms with Gasteiger partial charge in [0.25, 0.3) is 5.91 Å². The molecule has 0 spiro atoms. The zero-order valence-corrected chi connectivity index (χ0v) is 12.0. The van der Waals surface area contributed by atoms with Crippen molar-refractivity contribution in [2.75, 3.05) is 0 Å². The minimum Gasteiger partial charge on any atom is -0.352 e. The maximum Gasteiger partial charge on any atom is 0.254 e. The smallest absolute Gasteiger partial charge is 0.254 e. The van der Waals surface area contributed by atoms with E-state index in [4.69, 9.17) is 23.8 Å². The topological polar surface area (TPSA) is 44.9 Å². The maximum atomic E-state index is 12.0. The normalized spacial score (nSPS) is 12.1. The van der Waals surface area contributed by atoms with Crippen molar-refractivity contribution < 1.29 is 4.79 Å². The molecule has 2 aromatic rings. The Balaban J connectivity index is 2.13. The average molecular weight is 299 g/mol. The standard InChI is InChI=1S/C12H11ClN2OS2/c1-7(9-4-5-10(13)18-9)15-11(16)8-3-2-6-14-12(8)17/h2-7H,1H3,(H,14,17)(H,15,16). The Morgan fingerprint density at radius 1 is 1.50 bits per heavy atom. The van der Waals surface area contributed by atoms with Gasteiger partial charge in [-0.3, -0.25) is 4.79 Å². The zero-order chi connectivity index (χ0) is 13.1. The van der Waals surface area contributed by atoms with Crippen LogP contribution in [0.25, 0.3) is 0 Å². The van der Waals surface area contributed by atoms with E-state index in [0.717, 1.165) is 4.88 Å². The molecule has 3 nitrogen and oxygen atoms in total. The molecular formula is C12H11ClN2OS2. The number of thiophene rings is 1. The van der Waals surface area contributed by atoms with Gasteiger partial charge in [-0.15, -0.1) is 11.3 Å². The Morgan fingerprint density at radius 3 is 2.89 bits per heavy atom. The van der Waals surface area contributed by atoms with Gasteiger partial charge in [0.2, 0.25) is 0 Å². The summed E-state index contributed by atoms with van der Waals surface area (Å²) < 4.78 is 1.15. The Kier molecular flexibility index (Phi) is 4.16. The summed E-state index contributed by atoms with van der Waals surface area (Å²) in [6.07, 6.45) is 1.70. The molecule has 0 saturated heterocycles. The highest BCUT2D eigenvalue weighted by Gasteiger charge is 2.13. The van der Waals surface area contributed by atoms with Crippen LogP contribution >= 0.6 is 35.2 Å². The van der Waals surface area contributed by atoms with Gasteiger partial charge in [-0.2, -0.15) is 0 Å². The molecule has 1 atom stereocenters. The van der Waals surface area contributed by atoms with Crippen LogP contribution in [-0.4, -0.2) is 10.9 Å². The number of carbonyl (C=O) groups is 1. The van der Waals surface area contributed by atoms with Crippen LogP contribution in [0.1, 0.15) is 28.2 Å². The Morgan fingerprint density at radius 2 is 2.28 bits per heavy atom.